The van der Waals surface area contributed by atoms with Crippen molar-refractivity contribution in [1.82, 2.24) is 19.4 Å². The van der Waals surface area contributed by atoms with Gasteiger partial charge in [0.25, 0.3) is 5.56 Å². The van der Waals surface area contributed by atoms with E-state index in [0.717, 1.165) is 16.8 Å². The molecule has 0 spiro atoms. The molecule has 6 nitrogen and oxygen atoms in total. The number of carbonyl (C=O) groups excluding carboxylic acids is 1. The standard InChI is InChI=1S/C28H24N4O2S3/c1-18-13-14-22(15-19(18)2)31-25-24(37-28(31)35)26(34)32(21-11-7-4-8-12-21)27(30-25)36-17-23(33)29-16-20-9-5-3-6-10-20/h3-15H,16-17H2,1-2H3,(H,29,33). The van der Waals surface area contributed by atoms with Crippen LogP contribution in [0, 0.1) is 17.8 Å². The highest BCUT2D eigenvalue weighted by Gasteiger charge is 2.20. The van der Waals surface area contributed by atoms with Crippen LogP contribution in [0.15, 0.2) is 88.8 Å². The van der Waals surface area contributed by atoms with Crippen molar-refractivity contribution >= 4 is 51.6 Å². The molecule has 0 saturated carbocycles. The van der Waals surface area contributed by atoms with Crippen LogP contribution >= 0.6 is 35.3 Å². The van der Waals surface area contributed by atoms with E-state index >= 15 is 0 Å². The summed E-state index contributed by atoms with van der Waals surface area (Å²) in [7, 11) is 0. The molecule has 0 radical (unpaired) electrons. The molecule has 0 aliphatic carbocycles. The van der Waals surface area contributed by atoms with Gasteiger partial charge in [-0.2, -0.15) is 0 Å². The third kappa shape index (κ3) is 5.29. The number of nitrogens with zero attached hydrogens (tertiary/aromatic N) is 3. The lowest BCUT2D eigenvalue weighted by atomic mass is 10.1. The fourth-order valence-electron chi connectivity index (χ4n) is 3.91. The maximum atomic E-state index is 13.8. The van der Waals surface area contributed by atoms with Crippen LogP contribution in [0.4, 0.5) is 0 Å². The lowest BCUT2D eigenvalue weighted by Crippen LogP contribution is -2.26. The normalized spacial score (nSPS) is 11.1. The molecule has 1 N–H and O–H groups in total. The minimum atomic E-state index is -0.206. The first-order chi connectivity index (χ1) is 17.9. The highest BCUT2D eigenvalue weighted by molar-refractivity contribution is 7.99. The number of hydrogen-bond donors (Lipinski definition) is 1. The SMILES string of the molecule is Cc1ccc(-n2c(=S)sc3c(=O)n(-c4ccccc4)c(SCC(=O)NCc4ccccc4)nc32)cc1C. The maximum Gasteiger partial charge on any atom is 0.278 e. The molecule has 37 heavy (non-hydrogen) atoms. The predicted molar refractivity (Wildman–Crippen MR) is 154 cm³/mol. The van der Waals surface area contributed by atoms with Crippen molar-refractivity contribution in [3.63, 3.8) is 0 Å². The number of nitrogens with one attached hydrogen (secondary N) is 1. The first-order valence-electron chi connectivity index (χ1n) is 11.7. The van der Waals surface area contributed by atoms with E-state index < -0.39 is 0 Å². The van der Waals surface area contributed by atoms with E-state index in [1.807, 2.05) is 90.4 Å². The van der Waals surface area contributed by atoms with Gasteiger partial charge in [-0.25, -0.2) is 4.98 Å². The highest BCUT2D eigenvalue weighted by Crippen LogP contribution is 2.28. The smallest absolute Gasteiger partial charge is 0.278 e. The zero-order chi connectivity index (χ0) is 25.9. The Labute approximate surface area is 227 Å². The molecule has 0 fully saturated rings. The van der Waals surface area contributed by atoms with Gasteiger partial charge in [0.1, 0.15) is 4.70 Å². The summed E-state index contributed by atoms with van der Waals surface area (Å²) in [5.41, 5.74) is 5.16. The topological polar surface area (TPSA) is 68.9 Å². The third-order valence-electron chi connectivity index (χ3n) is 6.00. The van der Waals surface area contributed by atoms with Crippen molar-refractivity contribution in [2.75, 3.05) is 5.75 Å². The van der Waals surface area contributed by atoms with Crippen LogP contribution < -0.4 is 10.9 Å². The van der Waals surface area contributed by atoms with Gasteiger partial charge in [-0.3, -0.25) is 18.7 Å². The van der Waals surface area contributed by atoms with Crippen LogP contribution in [-0.2, 0) is 11.3 Å². The van der Waals surface area contributed by atoms with Gasteiger partial charge >= 0.3 is 0 Å². The Bertz CT molecular complexity index is 1710. The lowest BCUT2D eigenvalue weighted by Gasteiger charge is -2.13. The Morgan fingerprint density at radius 1 is 0.946 bits per heavy atom. The lowest BCUT2D eigenvalue weighted by molar-refractivity contribution is -0.118. The second-order valence-electron chi connectivity index (χ2n) is 8.55. The number of rotatable bonds is 7. The van der Waals surface area contributed by atoms with Crippen LogP contribution in [0.2, 0.25) is 0 Å². The van der Waals surface area contributed by atoms with Crippen LogP contribution in [0.1, 0.15) is 16.7 Å². The van der Waals surface area contributed by atoms with Crippen molar-refractivity contribution in [3.8, 4) is 11.4 Å². The molecule has 1 amide bonds. The summed E-state index contributed by atoms with van der Waals surface area (Å²) < 4.78 is 4.43. The summed E-state index contributed by atoms with van der Waals surface area (Å²) in [4.78, 5) is 31.4. The van der Waals surface area contributed by atoms with Crippen molar-refractivity contribution in [3.05, 3.63) is 110 Å². The monoisotopic (exact) mass is 544 g/mol. The number of carbonyl (C=O) groups is 1. The molecule has 9 heteroatoms. The molecule has 0 bridgehead atoms. The maximum absolute atomic E-state index is 13.8. The number of aromatic nitrogens is 3. The fraction of sp³-hybridized carbons (Fsp3) is 0.143. The molecule has 5 rings (SSSR count). The molecule has 0 aliphatic heterocycles. The Hall–Kier alpha value is -3.53. The third-order valence-corrected chi connectivity index (χ3v) is 8.29. The van der Waals surface area contributed by atoms with Crippen LogP contribution in [0.3, 0.4) is 0 Å². The van der Waals surface area contributed by atoms with E-state index in [9.17, 15) is 9.59 Å². The number of aryl methyl sites for hydroxylation is 2. The summed E-state index contributed by atoms with van der Waals surface area (Å²) in [6, 6.07) is 25.2. The zero-order valence-corrected chi connectivity index (χ0v) is 22.8. The first-order valence-corrected chi connectivity index (χ1v) is 13.9. The molecule has 0 unspecified atom stereocenters. The Morgan fingerprint density at radius 2 is 1.65 bits per heavy atom. The summed E-state index contributed by atoms with van der Waals surface area (Å²) in [6.45, 7) is 4.54. The van der Waals surface area contributed by atoms with E-state index in [4.69, 9.17) is 17.2 Å². The average Bonchev–Trinajstić information content (AvgIpc) is 3.25. The number of thiazole rings is 1. The summed E-state index contributed by atoms with van der Waals surface area (Å²) in [6.07, 6.45) is 0. The Morgan fingerprint density at radius 3 is 2.35 bits per heavy atom. The van der Waals surface area contributed by atoms with Gasteiger partial charge in [0.2, 0.25) is 5.91 Å². The average molecular weight is 545 g/mol. The second kappa shape index (κ2) is 10.8. The van der Waals surface area contributed by atoms with Gasteiger partial charge in [0, 0.05) is 12.2 Å². The van der Waals surface area contributed by atoms with Gasteiger partial charge in [-0.05, 0) is 67.0 Å². The predicted octanol–water partition coefficient (Wildman–Crippen LogP) is 5.99. The number of hydrogen-bond acceptors (Lipinski definition) is 6. The number of benzene rings is 3. The molecule has 186 valence electrons. The van der Waals surface area contributed by atoms with E-state index in [1.165, 1.54) is 28.7 Å². The quantitative estimate of drug-likeness (QED) is 0.155. The number of para-hydroxylation sites is 1. The molecule has 0 aliphatic rings. The Kier molecular flexibility index (Phi) is 7.36. The number of amides is 1. The number of thioether (sulfide) groups is 1. The van der Waals surface area contributed by atoms with Crippen LogP contribution in [0.25, 0.3) is 21.7 Å². The minimum Gasteiger partial charge on any atom is -0.351 e. The van der Waals surface area contributed by atoms with E-state index in [1.54, 1.807) is 4.57 Å². The molecular weight excluding hydrogens is 521 g/mol. The molecule has 0 atom stereocenters. The summed E-state index contributed by atoms with van der Waals surface area (Å²) in [5, 5.41) is 3.37. The molecular formula is C28H24N4O2S3. The first kappa shape index (κ1) is 25.1. The molecule has 2 aromatic heterocycles. The van der Waals surface area contributed by atoms with Gasteiger partial charge in [0.15, 0.2) is 14.8 Å². The van der Waals surface area contributed by atoms with Gasteiger partial charge in [-0.15, -0.1) is 0 Å². The van der Waals surface area contributed by atoms with Crippen LogP contribution in [-0.4, -0.2) is 25.8 Å². The van der Waals surface area contributed by atoms with Gasteiger partial charge in [-0.1, -0.05) is 77.7 Å². The summed E-state index contributed by atoms with van der Waals surface area (Å²) >= 11 is 8.16. The Balaban J connectivity index is 1.55. The van der Waals surface area contributed by atoms with Crippen molar-refractivity contribution in [2.24, 2.45) is 0 Å². The van der Waals surface area contributed by atoms with Crippen molar-refractivity contribution < 1.29 is 4.79 Å². The molecule has 2 heterocycles. The number of fused-ring (bicyclic) bond motifs is 1. The fourth-order valence-corrected chi connectivity index (χ4v) is 6.04. The van der Waals surface area contributed by atoms with E-state index in [0.29, 0.717) is 31.7 Å². The molecule has 3 aromatic carbocycles. The van der Waals surface area contributed by atoms with E-state index in [-0.39, 0.29) is 17.2 Å². The molecule has 0 saturated heterocycles. The van der Waals surface area contributed by atoms with Gasteiger partial charge in [0.05, 0.1) is 11.4 Å². The highest BCUT2D eigenvalue weighted by atomic mass is 32.2. The van der Waals surface area contributed by atoms with Crippen molar-refractivity contribution in [1.29, 1.82) is 0 Å². The molecule has 5 aromatic rings. The largest absolute Gasteiger partial charge is 0.351 e. The minimum absolute atomic E-state index is 0.117. The second-order valence-corrected chi connectivity index (χ2v) is 11.1. The van der Waals surface area contributed by atoms with Crippen molar-refractivity contribution in [2.45, 2.75) is 25.5 Å². The zero-order valence-electron chi connectivity index (χ0n) is 20.3. The van der Waals surface area contributed by atoms with E-state index in [2.05, 4.69) is 12.2 Å². The van der Waals surface area contributed by atoms with Crippen LogP contribution in [0.5, 0.6) is 0 Å². The summed E-state index contributed by atoms with van der Waals surface area (Å²) in [5.74, 6) is -0.0225. The van der Waals surface area contributed by atoms with Gasteiger partial charge < -0.3 is 5.32 Å².